The number of guanidine groups is 1. The zero-order valence-corrected chi connectivity index (χ0v) is 26.2. The number of amides is 2. The van der Waals surface area contributed by atoms with E-state index in [1.807, 2.05) is 6.08 Å². The summed E-state index contributed by atoms with van der Waals surface area (Å²) in [5.41, 5.74) is 12.3. The Balaban J connectivity index is 1.92. The molecule has 42 heavy (non-hydrogen) atoms. The largest absolute Gasteiger partial charge is 0.479 e. The number of carbonyl (C=O) groups is 2. The Hall–Kier alpha value is -2.81. The molecule has 0 bridgehead atoms. The third-order valence-corrected chi connectivity index (χ3v) is 8.84. The lowest BCUT2D eigenvalue weighted by Crippen LogP contribution is -2.37. The first-order valence-electron chi connectivity index (χ1n) is 16.1. The molecule has 2 aliphatic rings. The van der Waals surface area contributed by atoms with Gasteiger partial charge in [-0.15, -0.1) is 0 Å². The molecule has 1 fully saturated rings. The SMILES string of the molecule is CCCC(CCCC(O)CCCN(C)C(N)=NC(/C=C(\C=C\CNC(N)=O)C1CCCC(C)C1)C(=O)O)C1C=CCC1. The number of aliphatic carboxylic acids is 1. The fraction of sp³-hybridized carbons (Fsp3) is 0.727. The third kappa shape index (κ3) is 13.4. The summed E-state index contributed by atoms with van der Waals surface area (Å²) >= 11 is 0. The summed E-state index contributed by atoms with van der Waals surface area (Å²) in [4.78, 5) is 29.3. The van der Waals surface area contributed by atoms with Crippen LogP contribution >= 0.6 is 0 Å². The highest BCUT2D eigenvalue weighted by Crippen LogP contribution is 2.34. The maximum atomic E-state index is 12.2. The van der Waals surface area contributed by atoms with Crippen molar-refractivity contribution in [3.8, 4) is 0 Å². The van der Waals surface area contributed by atoms with Crippen LogP contribution in [-0.4, -0.2) is 65.4 Å². The highest BCUT2D eigenvalue weighted by molar-refractivity contribution is 5.84. The molecule has 0 aromatic heterocycles. The molecule has 238 valence electrons. The van der Waals surface area contributed by atoms with Gasteiger partial charge in [0.25, 0.3) is 0 Å². The molecule has 6 atom stereocenters. The molecule has 9 heteroatoms. The average molecular weight is 588 g/mol. The normalized spacial score (nSPS) is 23.6. The van der Waals surface area contributed by atoms with Crippen LogP contribution in [0.25, 0.3) is 0 Å². The molecule has 0 saturated heterocycles. The smallest absolute Gasteiger partial charge is 0.332 e. The van der Waals surface area contributed by atoms with Crippen LogP contribution in [0.2, 0.25) is 0 Å². The first kappa shape index (κ1) is 35.4. The lowest BCUT2D eigenvalue weighted by molar-refractivity contribution is -0.137. The summed E-state index contributed by atoms with van der Waals surface area (Å²) in [5, 5.41) is 23.1. The number of aliphatic imine (C=N–C) groups is 1. The van der Waals surface area contributed by atoms with Crippen molar-refractivity contribution in [3.05, 3.63) is 36.0 Å². The monoisotopic (exact) mass is 587 g/mol. The number of carboxylic acids is 1. The Morgan fingerprint density at radius 3 is 2.55 bits per heavy atom. The van der Waals surface area contributed by atoms with Crippen molar-refractivity contribution >= 4 is 18.0 Å². The molecule has 0 spiro atoms. The van der Waals surface area contributed by atoms with Gasteiger partial charge in [-0.1, -0.05) is 70.3 Å². The number of aliphatic hydroxyl groups is 1. The van der Waals surface area contributed by atoms with Crippen molar-refractivity contribution in [2.24, 2.45) is 40.1 Å². The molecule has 0 aromatic rings. The van der Waals surface area contributed by atoms with Crippen LogP contribution in [0.1, 0.15) is 97.3 Å². The number of allylic oxidation sites excluding steroid dienone is 4. The predicted octanol–water partition coefficient (Wildman–Crippen LogP) is 5.36. The minimum atomic E-state index is -1.12. The molecule has 9 nitrogen and oxygen atoms in total. The van der Waals surface area contributed by atoms with E-state index in [0.717, 1.165) is 50.0 Å². The summed E-state index contributed by atoms with van der Waals surface area (Å²) in [7, 11) is 1.80. The second-order valence-corrected chi connectivity index (χ2v) is 12.4. The number of carboxylic acid groups (broad SMARTS) is 1. The highest BCUT2D eigenvalue weighted by Gasteiger charge is 2.24. The lowest BCUT2D eigenvalue weighted by Gasteiger charge is -2.28. The van der Waals surface area contributed by atoms with E-state index >= 15 is 0 Å². The van der Waals surface area contributed by atoms with Gasteiger partial charge in [-0.25, -0.2) is 14.6 Å². The van der Waals surface area contributed by atoms with Gasteiger partial charge in [0.1, 0.15) is 0 Å². The van der Waals surface area contributed by atoms with Crippen molar-refractivity contribution in [1.82, 2.24) is 10.2 Å². The standard InChI is InChI=1S/C33H57N5O4/c1-4-11-25(26-13-5-6-14-26)15-8-18-29(39)19-10-21-38(3)32(34)37-30(31(40)41)23-28(17-9-20-36-33(35)42)27-16-7-12-24(2)22-27/h5,9,13,17,23-27,29-30,39H,4,6-8,10-12,14-16,18-22H2,1-3H3,(H2,34,37)(H,40,41)(H3,35,36,42)/b17-9+,28-23+. The minimum absolute atomic E-state index is 0.163. The van der Waals surface area contributed by atoms with E-state index < -0.39 is 18.0 Å². The van der Waals surface area contributed by atoms with Gasteiger partial charge in [-0.05, 0) is 86.7 Å². The quantitative estimate of drug-likeness (QED) is 0.0630. The first-order chi connectivity index (χ1) is 20.1. The molecule has 1 saturated carbocycles. The molecule has 7 N–H and O–H groups in total. The fourth-order valence-corrected chi connectivity index (χ4v) is 6.44. The number of urea groups is 1. The highest BCUT2D eigenvalue weighted by atomic mass is 16.4. The van der Waals surface area contributed by atoms with Gasteiger partial charge in [0.2, 0.25) is 0 Å². The van der Waals surface area contributed by atoms with Gasteiger partial charge < -0.3 is 31.9 Å². The number of nitrogens with one attached hydrogen (secondary N) is 1. The maximum Gasteiger partial charge on any atom is 0.332 e. The number of carbonyl (C=O) groups excluding carboxylic acids is 1. The van der Waals surface area contributed by atoms with Crippen molar-refractivity contribution in [3.63, 3.8) is 0 Å². The van der Waals surface area contributed by atoms with Crippen LogP contribution in [0.3, 0.4) is 0 Å². The maximum absolute atomic E-state index is 12.2. The second kappa shape index (κ2) is 19.4. The Morgan fingerprint density at radius 2 is 1.90 bits per heavy atom. The van der Waals surface area contributed by atoms with Gasteiger partial charge in [0, 0.05) is 20.1 Å². The Kier molecular flexibility index (Phi) is 16.3. The molecule has 2 aliphatic carbocycles. The summed E-state index contributed by atoms with van der Waals surface area (Å²) in [6.07, 6.45) is 23.3. The van der Waals surface area contributed by atoms with Gasteiger partial charge >= 0.3 is 12.0 Å². The molecule has 6 unspecified atom stereocenters. The Bertz CT molecular complexity index is 947. The third-order valence-electron chi connectivity index (χ3n) is 8.84. The molecular formula is C33H57N5O4. The first-order valence-corrected chi connectivity index (χ1v) is 16.1. The number of rotatable bonds is 18. The van der Waals surface area contributed by atoms with Crippen LogP contribution in [0.15, 0.2) is 40.9 Å². The zero-order chi connectivity index (χ0) is 30.9. The lowest BCUT2D eigenvalue weighted by atomic mass is 9.78. The molecule has 2 rings (SSSR count). The van der Waals surface area contributed by atoms with E-state index in [4.69, 9.17) is 11.5 Å². The number of aliphatic hydroxyl groups excluding tert-OH is 1. The number of nitrogens with zero attached hydrogens (tertiary/aromatic N) is 2. The molecule has 2 amide bonds. The molecule has 0 radical (unpaired) electrons. The second-order valence-electron chi connectivity index (χ2n) is 12.4. The van der Waals surface area contributed by atoms with E-state index in [9.17, 15) is 19.8 Å². The van der Waals surface area contributed by atoms with Crippen molar-refractivity contribution in [2.75, 3.05) is 20.1 Å². The van der Waals surface area contributed by atoms with Crippen LogP contribution < -0.4 is 16.8 Å². The van der Waals surface area contributed by atoms with Crippen molar-refractivity contribution in [2.45, 2.75) is 109 Å². The summed E-state index contributed by atoms with van der Waals surface area (Å²) < 4.78 is 0. The average Bonchev–Trinajstić information content (AvgIpc) is 3.48. The van der Waals surface area contributed by atoms with Crippen LogP contribution in [0.5, 0.6) is 0 Å². The Labute approximate surface area is 253 Å². The van der Waals surface area contributed by atoms with Gasteiger partial charge in [0.15, 0.2) is 12.0 Å². The van der Waals surface area contributed by atoms with Crippen LogP contribution in [0, 0.1) is 23.7 Å². The minimum Gasteiger partial charge on any atom is -0.479 e. The van der Waals surface area contributed by atoms with Gasteiger partial charge in [-0.3, -0.25) is 0 Å². The van der Waals surface area contributed by atoms with Crippen LogP contribution in [0.4, 0.5) is 4.79 Å². The Morgan fingerprint density at radius 1 is 1.14 bits per heavy atom. The van der Waals surface area contributed by atoms with E-state index in [0.29, 0.717) is 24.8 Å². The van der Waals surface area contributed by atoms with Gasteiger partial charge in [0.05, 0.1) is 6.10 Å². The molecule has 0 aliphatic heterocycles. The summed E-state index contributed by atoms with van der Waals surface area (Å²) in [6, 6.07) is -1.73. The van der Waals surface area contributed by atoms with Crippen molar-refractivity contribution in [1.29, 1.82) is 0 Å². The van der Waals surface area contributed by atoms with E-state index in [1.165, 1.54) is 38.5 Å². The zero-order valence-electron chi connectivity index (χ0n) is 26.2. The summed E-state index contributed by atoms with van der Waals surface area (Å²) in [6.45, 7) is 5.32. The fourth-order valence-electron chi connectivity index (χ4n) is 6.44. The topological polar surface area (TPSA) is 154 Å². The van der Waals surface area contributed by atoms with Crippen molar-refractivity contribution < 1.29 is 19.8 Å². The van der Waals surface area contributed by atoms with E-state index in [-0.39, 0.29) is 24.5 Å². The molecular weight excluding hydrogens is 530 g/mol. The molecule has 0 aromatic carbocycles. The van der Waals surface area contributed by atoms with Crippen LogP contribution in [-0.2, 0) is 4.79 Å². The number of hydrogen-bond donors (Lipinski definition) is 5. The number of nitrogens with two attached hydrogens (primary N) is 2. The predicted molar refractivity (Wildman–Crippen MR) is 171 cm³/mol. The van der Waals surface area contributed by atoms with E-state index in [2.05, 4.69) is 36.3 Å². The van der Waals surface area contributed by atoms with Gasteiger partial charge in [-0.2, -0.15) is 0 Å². The van der Waals surface area contributed by atoms with E-state index in [1.54, 1.807) is 24.1 Å². The summed E-state index contributed by atoms with van der Waals surface area (Å²) in [5.74, 6) is 1.31. The number of primary amides is 1. The number of hydrogen-bond acceptors (Lipinski definition) is 4. The molecule has 0 heterocycles.